The van der Waals surface area contributed by atoms with E-state index in [1.807, 2.05) is 0 Å². The highest BCUT2D eigenvalue weighted by Gasteiger charge is 2.42. The van der Waals surface area contributed by atoms with Crippen molar-refractivity contribution >= 4 is 0 Å². The SMILES string of the molecule is CC1CCCC2(C)C=CC(C[C@@H]3CCC(C)(C)[C@H]3C)=C12. The van der Waals surface area contributed by atoms with E-state index < -0.39 is 0 Å². The second-order valence-electron chi connectivity index (χ2n) is 8.76. The van der Waals surface area contributed by atoms with Crippen LogP contribution in [-0.2, 0) is 0 Å². The molecular formula is C20H32. The Bertz CT molecular complexity index is 451. The molecule has 20 heavy (non-hydrogen) atoms. The fourth-order valence-corrected chi connectivity index (χ4v) is 5.26. The molecule has 112 valence electrons. The Kier molecular flexibility index (Phi) is 3.42. The van der Waals surface area contributed by atoms with Crippen molar-refractivity contribution in [1.82, 2.24) is 0 Å². The number of hydrogen-bond acceptors (Lipinski definition) is 0. The molecule has 0 amide bonds. The van der Waals surface area contributed by atoms with Gasteiger partial charge in [0.2, 0.25) is 0 Å². The fraction of sp³-hybridized carbons (Fsp3) is 0.800. The molecule has 2 fully saturated rings. The number of rotatable bonds is 2. The van der Waals surface area contributed by atoms with Gasteiger partial charge in [-0.15, -0.1) is 0 Å². The van der Waals surface area contributed by atoms with Gasteiger partial charge in [-0.1, -0.05) is 58.8 Å². The van der Waals surface area contributed by atoms with Crippen LogP contribution in [0.2, 0.25) is 0 Å². The van der Waals surface area contributed by atoms with E-state index in [1.165, 1.54) is 38.5 Å². The van der Waals surface area contributed by atoms with Crippen LogP contribution in [0.15, 0.2) is 23.3 Å². The topological polar surface area (TPSA) is 0 Å². The van der Waals surface area contributed by atoms with Gasteiger partial charge in [0, 0.05) is 5.41 Å². The van der Waals surface area contributed by atoms with E-state index in [-0.39, 0.29) is 0 Å². The standard InChI is InChI=1S/C20H32/c1-14-7-6-10-20(5)12-9-17(18(14)20)13-16-8-11-19(3,4)15(16)2/h9,12,14-16H,6-8,10-11,13H2,1-5H3/t14?,15-,16-,20?/m0/s1. The molecule has 0 nitrogen and oxygen atoms in total. The number of hydrogen-bond donors (Lipinski definition) is 0. The van der Waals surface area contributed by atoms with Gasteiger partial charge in [0.15, 0.2) is 0 Å². The molecule has 0 N–H and O–H groups in total. The summed E-state index contributed by atoms with van der Waals surface area (Å²) in [4.78, 5) is 0. The third-order valence-corrected chi connectivity index (χ3v) is 7.02. The maximum Gasteiger partial charge on any atom is 0.00741 e. The van der Waals surface area contributed by atoms with Crippen molar-refractivity contribution < 1.29 is 0 Å². The summed E-state index contributed by atoms with van der Waals surface area (Å²) in [6, 6.07) is 0. The average Bonchev–Trinajstić information content (AvgIpc) is 2.83. The van der Waals surface area contributed by atoms with E-state index in [0.717, 1.165) is 17.8 Å². The second kappa shape index (κ2) is 4.75. The summed E-state index contributed by atoms with van der Waals surface area (Å²) >= 11 is 0. The lowest BCUT2D eigenvalue weighted by Gasteiger charge is -2.37. The Morgan fingerprint density at radius 2 is 1.85 bits per heavy atom. The van der Waals surface area contributed by atoms with Crippen LogP contribution in [0.4, 0.5) is 0 Å². The summed E-state index contributed by atoms with van der Waals surface area (Å²) in [6.07, 6.45) is 13.4. The number of allylic oxidation sites excluding steroid dienone is 4. The molecule has 0 saturated heterocycles. The molecular weight excluding hydrogens is 240 g/mol. The molecule has 0 heterocycles. The summed E-state index contributed by atoms with van der Waals surface area (Å²) in [5, 5.41) is 0. The molecule has 0 radical (unpaired) electrons. The minimum absolute atomic E-state index is 0.407. The third kappa shape index (κ3) is 2.20. The molecule has 3 aliphatic carbocycles. The Hall–Kier alpha value is -0.520. The van der Waals surface area contributed by atoms with Gasteiger partial charge < -0.3 is 0 Å². The molecule has 0 heteroatoms. The van der Waals surface area contributed by atoms with Crippen LogP contribution in [0.1, 0.15) is 73.1 Å². The lowest BCUT2D eigenvalue weighted by Crippen LogP contribution is -2.25. The van der Waals surface area contributed by atoms with E-state index in [2.05, 4.69) is 46.8 Å². The van der Waals surface area contributed by atoms with Crippen LogP contribution < -0.4 is 0 Å². The molecule has 0 aromatic carbocycles. The van der Waals surface area contributed by atoms with Crippen LogP contribution in [-0.4, -0.2) is 0 Å². The average molecular weight is 272 g/mol. The zero-order valence-electron chi connectivity index (χ0n) is 14.1. The monoisotopic (exact) mass is 272 g/mol. The molecule has 2 saturated carbocycles. The van der Waals surface area contributed by atoms with Gasteiger partial charge >= 0.3 is 0 Å². The molecule has 0 aromatic heterocycles. The van der Waals surface area contributed by atoms with E-state index in [4.69, 9.17) is 0 Å². The first-order chi connectivity index (χ1) is 9.33. The zero-order valence-corrected chi connectivity index (χ0v) is 14.1. The van der Waals surface area contributed by atoms with Gasteiger partial charge in [0.05, 0.1) is 0 Å². The van der Waals surface area contributed by atoms with Crippen LogP contribution in [0.3, 0.4) is 0 Å². The molecule has 0 aromatic rings. The highest BCUT2D eigenvalue weighted by Crippen LogP contribution is 2.54. The van der Waals surface area contributed by atoms with Crippen LogP contribution >= 0.6 is 0 Å². The Morgan fingerprint density at radius 3 is 2.50 bits per heavy atom. The van der Waals surface area contributed by atoms with Crippen molar-refractivity contribution in [2.45, 2.75) is 73.1 Å². The van der Waals surface area contributed by atoms with Gasteiger partial charge in [0.1, 0.15) is 0 Å². The van der Waals surface area contributed by atoms with Crippen LogP contribution in [0, 0.1) is 28.6 Å². The molecule has 3 rings (SSSR count). The second-order valence-corrected chi connectivity index (χ2v) is 8.76. The molecule has 3 aliphatic rings. The third-order valence-electron chi connectivity index (χ3n) is 7.02. The summed E-state index contributed by atoms with van der Waals surface area (Å²) in [5.74, 6) is 2.59. The Balaban J connectivity index is 1.82. The van der Waals surface area contributed by atoms with E-state index >= 15 is 0 Å². The van der Waals surface area contributed by atoms with Crippen molar-refractivity contribution in [3.05, 3.63) is 23.3 Å². The molecule has 0 aliphatic heterocycles. The predicted molar refractivity (Wildman–Crippen MR) is 87.6 cm³/mol. The first-order valence-electron chi connectivity index (χ1n) is 8.76. The highest BCUT2D eigenvalue weighted by atomic mass is 14.5. The minimum Gasteiger partial charge on any atom is -0.0742 e. The summed E-state index contributed by atoms with van der Waals surface area (Å²) in [6.45, 7) is 12.4. The summed E-state index contributed by atoms with van der Waals surface area (Å²) in [7, 11) is 0. The normalized spacial score (nSPS) is 43.1. The quantitative estimate of drug-likeness (QED) is 0.566. The minimum atomic E-state index is 0.407. The molecule has 2 unspecified atom stereocenters. The summed E-state index contributed by atoms with van der Waals surface area (Å²) < 4.78 is 0. The van der Waals surface area contributed by atoms with E-state index in [0.29, 0.717) is 10.8 Å². The first kappa shape index (κ1) is 14.4. The zero-order chi connectivity index (χ0) is 14.5. The molecule has 4 atom stereocenters. The summed E-state index contributed by atoms with van der Waals surface area (Å²) in [5.41, 5.74) is 4.49. The lowest BCUT2D eigenvalue weighted by atomic mass is 9.67. The van der Waals surface area contributed by atoms with E-state index in [9.17, 15) is 0 Å². The maximum atomic E-state index is 2.53. The maximum absolute atomic E-state index is 2.53. The van der Waals surface area contributed by atoms with E-state index in [1.54, 1.807) is 11.1 Å². The van der Waals surface area contributed by atoms with Gasteiger partial charge in [-0.25, -0.2) is 0 Å². The fourth-order valence-electron chi connectivity index (χ4n) is 5.26. The lowest BCUT2D eigenvalue weighted by molar-refractivity contribution is 0.238. The Labute approximate surface area is 125 Å². The molecule has 0 bridgehead atoms. The highest BCUT2D eigenvalue weighted by molar-refractivity contribution is 5.43. The number of fused-ring (bicyclic) bond motifs is 1. The molecule has 0 spiro atoms. The largest absolute Gasteiger partial charge is 0.0742 e. The smallest absolute Gasteiger partial charge is 0.00741 e. The Morgan fingerprint density at radius 1 is 1.10 bits per heavy atom. The van der Waals surface area contributed by atoms with Gasteiger partial charge in [-0.3, -0.25) is 0 Å². The van der Waals surface area contributed by atoms with Gasteiger partial charge in [-0.05, 0) is 60.8 Å². The van der Waals surface area contributed by atoms with Crippen molar-refractivity contribution in [3.63, 3.8) is 0 Å². The van der Waals surface area contributed by atoms with Crippen molar-refractivity contribution in [1.29, 1.82) is 0 Å². The van der Waals surface area contributed by atoms with Crippen molar-refractivity contribution in [3.8, 4) is 0 Å². The van der Waals surface area contributed by atoms with Gasteiger partial charge in [-0.2, -0.15) is 0 Å². The van der Waals surface area contributed by atoms with Crippen molar-refractivity contribution in [2.75, 3.05) is 0 Å². The predicted octanol–water partition coefficient (Wildman–Crippen LogP) is 6.14. The van der Waals surface area contributed by atoms with Crippen LogP contribution in [0.5, 0.6) is 0 Å². The van der Waals surface area contributed by atoms with Crippen LogP contribution in [0.25, 0.3) is 0 Å². The van der Waals surface area contributed by atoms with Crippen molar-refractivity contribution in [2.24, 2.45) is 28.6 Å². The van der Waals surface area contributed by atoms with Gasteiger partial charge in [0.25, 0.3) is 0 Å². The first-order valence-corrected chi connectivity index (χ1v) is 8.76.